The van der Waals surface area contributed by atoms with Crippen molar-refractivity contribution in [3.05, 3.63) is 46.2 Å². The minimum Gasteiger partial charge on any atom is -0.307 e. The molecule has 0 aliphatic carbocycles. The number of hydrogen-bond donors (Lipinski definition) is 1. The summed E-state index contributed by atoms with van der Waals surface area (Å²) >= 11 is 1.41. The maximum atomic E-state index is 12.6. The molecule has 1 aliphatic rings. The van der Waals surface area contributed by atoms with Crippen LogP contribution in [0.25, 0.3) is 0 Å². The summed E-state index contributed by atoms with van der Waals surface area (Å²) in [6.45, 7) is 4.35. The monoisotopic (exact) mass is 364 g/mol. The SMILES string of the molecule is CC(C)CS(=O)(=O)Nc1ccc2c(c1)N(C(=O)c1cccs1)CC2. The van der Waals surface area contributed by atoms with Crippen LogP contribution >= 0.6 is 11.3 Å². The summed E-state index contributed by atoms with van der Waals surface area (Å²) in [6, 6.07) is 9.07. The van der Waals surface area contributed by atoms with E-state index in [1.54, 1.807) is 23.1 Å². The van der Waals surface area contributed by atoms with Gasteiger partial charge < -0.3 is 4.90 Å². The lowest BCUT2D eigenvalue weighted by Gasteiger charge is -2.18. The highest BCUT2D eigenvalue weighted by atomic mass is 32.2. The third-order valence-electron chi connectivity index (χ3n) is 3.78. The second kappa shape index (κ2) is 6.57. The van der Waals surface area contributed by atoms with Gasteiger partial charge in [0.25, 0.3) is 5.91 Å². The Labute approximate surface area is 146 Å². The van der Waals surface area contributed by atoms with Gasteiger partial charge in [-0.25, -0.2) is 8.42 Å². The molecule has 7 heteroatoms. The van der Waals surface area contributed by atoms with Crippen molar-refractivity contribution < 1.29 is 13.2 Å². The molecule has 0 unspecified atom stereocenters. The minimum absolute atomic E-state index is 0.0362. The van der Waals surface area contributed by atoms with Crippen molar-refractivity contribution in [1.29, 1.82) is 0 Å². The van der Waals surface area contributed by atoms with Gasteiger partial charge in [0.1, 0.15) is 0 Å². The number of benzene rings is 1. The fourth-order valence-electron chi connectivity index (χ4n) is 2.85. The molecule has 0 saturated heterocycles. The van der Waals surface area contributed by atoms with E-state index in [4.69, 9.17) is 0 Å². The molecule has 5 nitrogen and oxygen atoms in total. The van der Waals surface area contributed by atoms with Crippen molar-refractivity contribution in [3.8, 4) is 0 Å². The second-order valence-electron chi connectivity index (χ2n) is 6.30. The molecular formula is C17H20N2O3S2. The van der Waals surface area contributed by atoms with E-state index in [0.717, 1.165) is 17.7 Å². The number of carbonyl (C=O) groups is 1. The van der Waals surface area contributed by atoms with Crippen LogP contribution in [0.4, 0.5) is 11.4 Å². The van der Waals surface area contributed by atoms with Crippen molar-refractivity contribution >= 4 is 38.6 Å². The topological polar surface area (TPSA) is 66.5 Å². The molecular weight excluding hydrogens is 344 g/mol. The smallest absolute Gasteiger partial charge is 0.268 e. The molecule has 0 atom stereocenters. The number of hydrogen-bond acceptors (Lipinski definition) is 4. The molecule has 0 saturated carbocycles. The van der Waals surface area contributed by atoms with Gasteiger partial charge in [0.2, 0.25) is 10.0 Å². The lowest BCUT2D eigenvalue weighted by atomic mass is 10.1. The van der Waals surface area contributed by atoms with E-state index in [1.165, 1.54) is 11.3 Å². The Bertz CT molecular complexity index is 843. The zero-order valence-corrected chi connectivity index (χ0v) is 15.3. The van der Waals surface area contributed by atoms with Crippen molar-refractivity contribution in [1.82, 2.24) is 0 Å². The standard InChI is InChI=1S/C17H20N2O3S2/c1-12(2)11-24(21,22)18-14-6-5-13-7-8-19(15(13)10-14)17(20)16-4-3-9-23-16/h3-6,9-10,12,18H,7-8,11H2,1-2H3. The summed E-state index contributed by atoms with van der Waals surface area (Å²) in [5.41, 5.74) is 2.35. The first-order valence-electron chi connectivity index (χ1n) is 7.84. The van der Waals surface area contributed by atoms with Gasteiger partial charge in [-0.15, -0.1) is 11.3 Å². The lowest BCUT2D eigenvalue weighted by Crippen LogP contribution is -2.28. The third-order valence-corrected chi connectivity index (χ3v) is 6.29. The van der Waals surface area contributed by atoms with Gasteiger partial charge >= 0.3 is 0 Å². The van der Waals surface area contributed by atoms with E-state index in [9.17, 15) is 13.2 Å². The van der Waals surface area contributed by atoms with E-state index in [1.807, 2.05) is 31.4 Å². The van der Waals surface area contributed by atoms with Crippen LogP contribution < -0.4 is 9.62 Å². The van der Waals surface area contributed by atoms with Crippen LogP contribution in [0.1, 0.15) is 29.1 Å². The van der Waals surface area contributed by atoms with Gasteiger partial charge in [-0.05, 0) is 41.5 Å². The minimum atomic E-state index is -3.38. The first kappa shape index (κ1) is 17.0. The molecule has 2 aromatic rings. The highest BCUT2D eigenvalue weighted by molar-refractivity contribution is 7.92. The average molecular weight is 364 g/mol. The molecule has 1 aromatic heterocycles. The third kappa shape index (κ3) is 3.62. The van der Waals surface area contributed by atoms with Gasteiger partial charge in [-0.1, -0.05) is 26.0 Å². The van der Waals surface area contributed by atoms with E-state index in [-0.39, 0.29) is 17.6 Å². The molecule has 24 heavy (non-hydrogen) atoms. The Morgan fingerprint density at radius 3 is 2.79 bits per heavy atom. The van der Waals surface area contributed by atoms with Crippen molar-refractivity contribution in [2.75, 3.05) is 21.9 Å². The first-order chi connectivity index (χ1) is 11.4. The summed E-state index contributed by atoms with van der Waals surface area (Å²) in [7, 11) is -3.38. The maximum Gasteiger partial charge on any atom is 0.268 e. The van der Waals surface area contributed by atoms with Crippen LogP contribution in [0.15, 0.2) is 35.7 Å². The van der Waals surface area contributed by atoms with E-state index < -0.39 is 10.0 Å². The van der Waals surface area contributed by atoms with Gasteiger partial charge in [0, 0.05) is 12.2 Å². The normalized spacial score (nSPS) is 14.0. The van der Waals surface area contributed by atoms with Crippen molar-refractivity contribution in [3.63, 3.8) is 0 Å². The van der Waals surface area contributed by atoms with E-state index in [2.05, 4.69) is 4.72 Å². The maximum absolute atomic E-state index is 12.6. The average Bonchev–Trinajstić information content (AvgIpc) is 3.14. The Balaban J connectivity index is 1.85. The number of nitrogens with zero attached hydrogens (tertiary/aromatic N) is 1. The summed E-state index contributed by atoms with van der Waals surface area (Å²) in [6.07, 6.45) is 0.783. The van der Waals surface area contributed by atoms with Crippen LogP contribution in [-0.2, 0) is 16.4 Å². The fraction of sp³-hybridized carbons (Fsp3) is 0.353. The van der Waals surface area contributed by atoms with Gasteiger partial charge in [0.05, 0.1) is 16.3 Å². The van der Waals surface area contributed by atoms with Crippen LogP contribution in [-0.4, -0.2) is 26.6 Å². The first-order valence-corrected chi connectivity index (χ1v) is 10.4. The lowest BCUT2D eigenvalue weighted by molar-refractivity contribution is 0.0993. The molecule has 1 N–H and O–H groups in total. The largest absolute Gasteiger partial charge is 0.307 e. The Kier molecular flexibility index (Phi) is 4.64. The highest BCUT2D eigenvalue weighted by Gasteiger charge is 2.26. The molecule has 3 rings (SSSR count). The zero-order valence-electron chi connectivity index (χ0n) is 13.7. The number of rotatable bonds is 5. The molecule has 2 heterocycles. The van der Waals surface area contributed by atoms with Crippen molar-refractivity contribution in [2.24, 2.45) is 5.92 Å². The molecule has 0 spiro atoms. The molecule has 0 radical (unpaired) electrons. The molecule has 1 aliphatic heterocycles. The van der Waals surface area contributed by atoms with E-state index in [0.29, 0.717) is 17.1 Å². The number of thiophene rings is 1. The molecule has 128 valence electrons. The molecule has 0 fully saturated rings. The number of anilines is 2. The number of fused-ring (bicyclic) bond motifs is 1. The van der Waals surface area contributed by atoms with Gasteiger partial charge in [-0.2, -0.15) is 0 Å². The molecule has 0 bridgehead atoms. The number of nitrogens with one attached hydrogen (secondary N) is 1. The van der Waals surface area contributed by atoms with Gasteiger partial charge in [0.15, 0.2) is 0 Å². The fourth-order valence-corrected chi connectivity index (χ4v) is 4.97. The van der Waals surface area contributed by atoms with Crippen LogP contribution in [0.3, 0.4) is 0 Å². The van der Waals surface area contributed by atoms with Gasteiger partial charge in [-0.3, -0.25) is 9.52 Å². The Hall–Kier alpha value is -1.86. The van der Waals surface area contributed by atoms with Crippen LogP contribution in [0.5, 0.6) is 0 Å². The molecule has 1 amide bonds. The summed E-state index contributed by atoms with van der Waals surface area (Å²) < 4.78 is 26.9. The predicted molar refractivity (Wildman–Crippen MR) is 98.4 cm³/mol. The summed E-state index contributed by atoms with van der Waals surface area (Å²) in [4.78, 5) is 15.0. The Morgan fingerprint density at radius 2 is 2.12 bits per heavy atom. The van der Waals surface area contributed by atoms with Crippen LogP contribution in [0, 0.1) is 5.92 Å². The zero-order chi connectivity index (χ0) is 17.3. The van der Waals surface area contributed by atoms with Crippen LogP contribution in [0.2, 0.25) is 0 Å². The number of carbonyl (C=O) groups excluding carboxylic acids is 1. The summed E-state index contributed by atoms with van der Waals surface area (Å²) in [5.74, 6) is 0.0850. The van der Waals surface area contributed by atoms with E-state index >= 15 is 0 Å². The number of sulfonamides is 1. The van der Waals surface area contributed by atoms with Crippen molar-refractivity contribution in [2.45, 2.75) is 20.3 Å². The molecule has 1 aromatic carbocycles. The highest BCUT2D eigenvalue weighted by Crippen LogP contribution is 2.33. The Morgan fingerprint density at radius 1 is 1.33 bits per heavy atom. The second-order valence-corrected chi connectivity index (χ2v) is 9.02. The quantitative estimate of drug-likeness (QED) is 0.885. The predicted octanol–water partition coefficient (Wildman–Crippen LogP) is 3.35. The number of amides is 1. The summed E-state index contributed by atoms with van der Waals surface area (Å²) in [5, 5.41) is 1.88.